The van der Waals surface area contributed by atoms with Crippen molar-refractivity contribution in [1.29, 1.82) is 0 Å². The molecule has 2 heterocycles. The van der Waals surface area contributed by atoms with Crippen molar-refractivity contribution in [2.24, 2.45) is 0 Å². The number of hydrogen-bond acceptors (Lipinski definition) is 6. The number of hydrogen-bond donors (Lipinski definition) is 3. The van der Waals surface area contributed by atoms with Crippen LogP contribution >= 0.6 is 11.8 Å². The van der Waals surface area contributed by atoms with Crippen LogP contribution in [0.1, 0.15) is 6.42 Å². The molecule has 8 nitrogen and oxygen atoms in total. The zero-order valence-corrected chi connectivity index (χ0v) is 17.2. The van der Waals surface area contributed by atoms with Crippen molar-refractivity contribution in [3.8, 4) is 11.5 Å². The van der Waals surface area contributed by atoms with E-state index in [2.05, 4.69) is 20.6 Å². The predicted molar refractivity (Wildman–Crippen MR) is 116 cm³/mol. The van der Waals surface area contributed by atoms with Crippen molar-refractivity contribution in [2.75, 3.05) is 23.9 Å². The normalized spacial score (nSPS) is 16.1. The van der Waals surface area contributed by atoms with Crippen LogP contribution in [0.3, 0.4) is 0 Å². The summed E-state index contributed by atoms with van der Waals surface area (Å²) in [5.74, 6) is 1.43. The molecule has 9 heteroatoms. The third kappa shape index (κ3) is 4.51. The van der Waals surface area contributed by atoms with E-state index in [0.29, 0.717) is 29.6 Å². The van der Waals surface area contributed by atoms with E-state index >= 15 is 0 Å². The Bertz CT molecular complexity index is 1020. The van der Waals surface area contributed by atoms with Crippen LogP contribution in [-0.4, -0.2) is 52.5 Å². The van der Waals surface area contributed by atoms with Gasteiger partial charge in [-0.15, -0.1) is 0 Å². The number of amides is 2. The number of para-hydroxylation sites is 4. The van der Waals surface area contributed by atoms with Gasteiger partial charge in [0.25, 0.3) is 5.91 Å². The van der Waals surface area contributed by atoms with Gasteiger partial charge in [-0.1, -0.05) is 24.3 Å². The molecule has 3 N–H and O–H groups in total. The van der Waals surface area contributed by atoms with Crippen LogP contribution < -0.4 is 20.1 Å². The second-order valence-corrected chi connectivity index (χ2v) is 7.78. The van der Waals surface area contributed by atoms with Crippen molar-refractivity contribution in [2.45, 2.75) is 18.6 Å². The molecule has 2 amide bonds. The van der Waals surface area contributed by atoms with E-state index in [1.807, 2.05) is 42.7 Å². The number of fused-ring (bicyclic) bond motifs is 2. The molecule has 4 rings (SSSR count). The molecule has 1 aliphatic rings. The Morgan fingerprint density at radius 1 is 1.20 bits per heavy atom. The molecule has 2 atom stereocenters. The molecule has 0 saturated heterocycles. The number of ether oxygens (including phenoxy) is 2. The summed E-state index contributed by atoms with van der Waals surface area (Å²) in [6.45, 7) is 0.0866. The fourth-order valence-electron chi connectivity index (χ4n) is 3.13. The topological polar surface area (TPSA) is 105 Å². The standard InChI is InChI=1S/C21H22N4O4S/c1-30-11-10-15(19(26)25-21-23-13-6-2-3-7-14(13)24-21)22-20(27)18-12-28-16-8-4-5-9-17(16)29-18/h2-9,15,18H,10-12H2,1H3,(H,22,27)(H2,23,24,25,26)/t15-,18-/m1/s1. The van der Waals surface area contributed by atoms with Gasteiger partial charge in [0.2, 0.25) is 18.0 Å². The predicted octanol–water partition coefficient (Wildman–Crippen LogP) is 2.58. The number of benzene rings is 2. The summed E-state index contributed by atoms with van der Waals surface area (Å²) in [5, 5.41) is 5.56. The molecule has 0 unspecified atom stereocenters. The molecule has 0 saturated carbocycles. The highest BCUT2D eigenvalue weighted by Gasteiger charge is 2.30. The largest absolute Gasteiger partial charge is 0.485 e. The fourth-order valence-corrected chi connectivity index (χ4v) is 3.61. The highest BCUT2D eigenvalue weighted by Crippen LogP contribution is 2.30. The fraction of sp³-hybridized carbons (Fsp3) is 0.286. The van der Waals surface area contributed by atoms with Crippen LogP contribution in [0.25, 0.3) is 11.0 Å². The van der Waals surface area contributed by atoms with Gasteiger partial charge in [0, 0.05) is 0 Å². The number of carbonyl (C=O) groups excluding carboxylic acids is 2. The number of nitrogens with zero attached hydrogens (tertiary/aromatic N) is 1. The van der Waals surface area contributed by atoms with E-state index in [1.165, 1.54) is 0 Å². The Kier molecular flexibility index (Phi) is 6.08. The summed E-state index contributed by atoms with van der Waals surface area (Å²) in [6, 6.07) is 13.9. The number of nitrogens with one attached hydrogen (secondary N) is 3. The average molecular weight is 426 g/mol. The highest BCUT2D eigenvalue weighted by molar-refractivity contribution is 7.98. The van der Waals surface area contributed by atoms with Crippen molar-refractivity contribution in [3.63, 3.8) is 0 Å². The van der Waals surface area contributed by atoms with E-state index in [0.717, 1.165) is 11.0 Å². The van der Waals surface area contributed by atoms with Crippen molar-refractivity contribution < 1.29 is 19.1 Å². The minimum atomic E-state index is -0.823. The molecule has 0 radical (unpaired) electrons. The zero-order valence-electron chi connectivity index (χ0n) is 16.4. The highest BCUT2D eigenvalue weighted by atomic mass is 32.2. The Labute approximate surface area is 177 Å². The van der Waals surface area contributed by atoms with Crippen LogP contribution in [0.5, 0.6) is 11.5 Å². The molecule has 156 valence electrons. The van der Waals surface area contributed by atoms with Gasteiger partial charge in [-0.25, -0.2) is 4.98 Å². The van der Waals surface area contributed by atoms with Gasteiger partial charge in [-0.2, -0.15) is 11.8 Å². The molecule has 0 bridgehead atoms. The number of aromatic amines is 1. The van der Waals surface area contributed by atoms with Crippen molar-refractivity contribution in [3.05, 3.63) is 48.5 Å². The quantitative estimate of drug-likeness (QED) is 0.536. The summed E-state index contributed by atoms with van der Waals surface area (Å²) in [4.78, 5) is 33.0. The summed E-state index contributed by atoms with van der Waals surface area (Å²) in [5.41, 5.74) is 1.58. The van der Waals surface area contributed by atoms with E-state index in [-0.39, 0.29) is 12.5 Å². The number of imidazole rings is 1. The smallest absolute Gasteiger partial charge is 0.265 e. The van der Waals surface area contributed by atoms with E-state index < -0.39 is 18.1 Å². The van der Waals surface area contributed by atoms with Crippen LogP contribution in [-0.2, 0) is 9.59 Å². The summed E-state index contributed by atoms with van der Waals surface area (Å²) in [7, 11) is 0. The van der Waals surface area contributed by atoms with Gasteiger partial charge >= 0.3 is 0 Å². The second kappa shape index (κ2) is 9.08. The SMILES string of the molecule is CSCC[C@@H](NC(=O)[C@H]1COc2ccccc2O1)C(=O)Nc1nc2ccccc2[nH]1. The van der Waals surface area contributed by atoms with Crippen LogP contribution in [0, 0.1) is 0 Å². The molecule has 3 aromatic rings. The van der Waals surface area contributed by atoms with Crippen molar-refractivity contribution in [1.82, 2.24) is 15.3 Å². The first-order valence-corrected chi connectivity index (χ1v) is 11.0. The van der Waals surface area contributed by atoms with Crippen LogP contribution in [0.2, 0.25) is 0 Å². The first kappa shape index (κ1) is 20.1. The lowest BCUT2D eigenvalue weighted by molar-refractivity contribution is -0.133. The number of aromatic nitrogens is 2. The molecular formula is C21H22N4O4S. The monoisotopic (exact) mass is 426 g/mol. The number of H-pyrrole nitrogens is 1. The Morgan fingerprint density at radius 2 is 1.97 bits per heavy atom. The Morgan fingerprint density at radius 3 is 2.77 bits per heavy atom. The summed E-state index contributed by atoms with van der Waals surface area (Å²) < 4.78 is 11.3. The number of thioether (sulfide) groups is 1. The zero-order chi connectivity index (χ0) is 20.9. The molecule has 0 spiro atoms. The lowest BCUT2D eigenvalue weighted by Gasteiger charge is -2.27. The molecule has 0 aliphatic carbocycles. The lowest BCUT2D eigenvalue weighted by Crippen LogP contribution is -2.51. The Hall–Kier alpha value is -3.20. The molecule has 0 fully saturated rings. The molecule has 1 aromatic heterocycles. The van der Waals surface area contributed by atoms with E-state index in [4.69, 9.17) is 9.47 Å². The number of anilines is 1. The summed E-state index contributed by atoms with van der Waals surface area (Å²) in [6.07, 6.45) is 1.60. The third-order valence-electron chi connectivity index (χ3n) is 4.68. The van der Waals surface area contributed by atoms with E-state index in [1.54, 1.807) is 23.9 Å². The van der Waals surface area contributed by atoms with Crippen molar-refractivity contribution >= 4 is 40.6 Å². The van der Waals surface area contributed by atoms with Gasteiger partial charge in [0.1, 0.15) is 12.6 Å². The first-order valence-electron chi connectivity index (χ1n) is 9.57. The maximum absolute atomic E-state index is 12.8. The first-order chi connectivity index (χ1) is 14.6. The lowest BCUT2D eigenvalue weighted by atomic mass is 10.2. The van der Waals surface area contributed by atoms with Gasteiger partial charge in [-0.05, 0) is 42.7 Å². The van der Waals surface area contributed by atoms with Crippen LogP contribution in [0.4, 0.5) is 5.95 Å². The third-order valence-corrected chi connectivity index (χ3v) is 5.32. The van der Waals surface area contributed by atoms with Gasteiger partial charge < -0.3 is 19.8 Å². The maximum Gasteiger partial charge on any atom is 0.265 e. The number of rotatable bonds is 7. The van der Waals surface area contributed by atoms with E-state index in [9.17, 15) is 9.59 Å². The minimum Gasteiger partial charge on any atom is -0.485 e. The average Bonchev–Trinajstić information content (AvgIpc) is 3.18. The molecule has 2 aromatic carbocycles. The summed E-state index contributed by atoms with van der Waals surface area (Å²) >= 11 is 1.60. The maximum atomic E-state index is 12.8. The van der Waals surface area contributed by atoms with Gasteiger partial charge in [0.05, 0.1) is 11.0 Å². The molecular weight excluding hydrogens is 404 g/mol. The minimum absolute atomic E-state index is 0.0866. The Balaban J connectivity index is 1.42. The molecule has 1 aliphatic heterocycles. The van der Waals surface area contributed by atoms with Crippen LogP contribution in [0.15, 0.2) is 48.5 Å². The van der Waals surface area contributed by atoms with Gasteiger partial charge in [-0.3, -0.25) is 14.9 Å². The molecule has 30 heavy (non-hydrogen) atoms. The van der Waals surface area contributed by atoms with Gasteiger partial charge in [0.15, 0.2) is 11.5 Å². The second-order valence-electron chi connectivity index (χ2n) is 6.80. The number of carbonyl (C=O) groups is 2.